The predicted molar refractivity (Wildman–Crippen MR) is 76.0 cm³/mol. The smallest absolute Gasteiger partial charge is 0.257 e. The number of hydrogen-bond acceptors (Lipinski definition) is 2. The molecule has 0 saturated carbocycles. The molecule has 0 bridgehead atoms. The molecule has 0 fully saturated rings. The van der Waals surface area contributed by atoms with Crippen molar-refractivity contribution in [2.24, 2.45) is 0 Å². The monoisotopic (exact) mass is 280 g/mol. The molecule has 0 radical (unpaired) electrons. The number of rotatable bonds is 5. The Morgan fingerprint density at radius 2 is 2.00 bits per heavy atom. The third-order valence-corrected chi connectivity index (χ3v) is 2.81. The van der Waals surface area contributed by atoms with Gasteiger partial charge in [0.1, 0.15) is 5.82 Å². The Morgan fingerprint density at radius 1 is 1.35 bits per heavy atom. The van der Waals surface area contributed by atoms with Gasteiger partial charge < -0.3 is 10.2 Å². The van der Waals surface area contributed by atoms with Gasteiger partial charge in [-0.1, -0.05) is 6.07 Å². The second-order valence-corrected chi connectivity index (χ2v) is 5.02. The summed E-state index contributed by atoms with van der Waals surface area (Å²) in [4.78, 5) is 25.3. The lowest BCUT2D eigenvalue weighted by atomic mass is 10.1. The fourth-order valence-corrected chi connectivity index (χ4v) is 1.83. The zero-order valence-corrected chi connectivity index (χ0v) is 12.4. The van der Waals surface area contributed by atoms with E-state index < -0.39 is 11.7 Å². The van der Waals surface area contributed by atoms with Gasteiger partial charge in [0.05, 0.1) is 12.1 Å². The van der Waals surface area contributed by atoms with E-state index in [-0.39, 0.29) is 24.1 Å². The molecule has 1 N–H and O–H groups in total. The van der Waals surface area contributed by atoms with Crippen molar-refractivity contribution in [2.75, 3.05) is 13.1 Å². The van der Waals surface area contributed by atoms with E-state index in [0.717, 1.165) is 5.56 Å². The summed E-state index contributed by atoms with van der Waals surface area (Å²) in [6.45, 7) is 7.47. The molecule has 1 aromatic carbocycles. The van der Waals surface area contributed by atoms with E-state index in [9.17, 15) is 14.0 Å². The molecule has 0 aromatic heterocycles. The summed E-state index contributed by atoms with van der Waals surface area (Å²) >= 11 is 0. The molecule has 5 heteroatoms. The molecular weight excluding hydrogens is 259 g/mol. The molecule has 2 amide bonds. The van der Waals surface area contributed by atoms with Crippen LogP contribution in [0.5, 0.6) is 0 Å². The fraction of sp³-hybridized carbons (Fsp3) is 0.467. The molecule has 0 aliphatic carbocycles. The Morgan fingerprint density at radius 3 is 2.50 bits per heavy atom. The number of hydrogen-bond donors (Lipinski definition) is 1. The Bertz CT molecular complexity index is 501. The van der Waals surface area contributed by atoms with Crippen LogP contribution < -0.4 is 5.32 Å². The Balaban J connectivity index is 2.84. The lowest BCUT2D eigenvalue weighted by Crippen LogP contribution is -2.42. The van der Waals surface area contributed by atoms with Crippen LogP contribution in [0.3, 0.4) is 0 Å². The van der Waals surface area contributed by atoms with E-state index in [0.29, 0.717) is 6.54 Å². The minimum atomic E-state index is -0.558. The van der Waals surface area contributed by atoms with E-state index in [4.69, 9.17) is 0 Å². The number of carbonyl (C=O) groups excluding carboxylic acids is 2. The highest BCUT2D eigenvalue weighted by Crippen LogP contribution is 2.12. The number of nitrogens with one attached hydrogen (secondary N) is 1. The Hall–Kier alpha value is -1.91. The average molecular weight is 280 g/mol. The highest BCUT2D eigenvalue weighted by molar-refractivity contribution is 5.96. The van der Waals surface area contributed by atoms with Crippen molar-refractivity contribution in [3.63, 3.8) is 0 Å². The fourth-order valence-electron chi connectivity index (χ4n) is 1.83. The van der Waals surface area contributed by atoms with Gasteiger partial charge >= 0.3 is 0 Å². The van der Waals surface area contributed by atoms with Crippen molar-refractivity contribution in [2.45, 2.75) is 33.7 Å². The van der Waals surface area contributed by atoms with Crippen molar-refractivity contribution >= 4 is 11.8 Å². The van der Waals surface area contributed by atoms with Crippen LogP contribution in [0, 0.1) is 12.7 Å². The number of amides is 2. The summed E-state index contributed by atoms with van der Waals surface area (Å²) in [7, 11) is 0. The number of benzene rings is 1. The summed E-state index contributed by atoms with van der Waals surface area (Å²) in [6, 6.07) is 4.45. The first-order chi connectivity index (χ1) is 9.35. The molecule has 0 spiro atoms. The number of nitrogens with zero attached hydrogens (tertiary/aromatic N) is 1. The highest BCUT2D eigenvalue weighted by Gasteiger charge is 2.20. The standard InChI is InChI=1S/C15H21FN2O2/c1-5-18(9-14(19)17-10(2)3)15(20)12-7-6-11(4)8-13(12)16/h6-8,10H,5,9H2,1-4H3,(H,17,19). The minimum absolute atomic E-state index is 0.00482. The quantitative estimate of drug-likeness (QED) is 0.898. The van der Waals surface area contributed by atoms with Crippen LogP contribution in [0.25, 0.3) is 0 Å². The zero-order valence-electron chi connectivity index (χ0n) is 12.4. The van der Waals surface area contributed by atoms with Gasteiger partial charge in [-0.2, -0.15) is 0 Å². The molecule has 0 aliphatic rings. The first-order valence-electron chi connectivity index (χ1n) is 6.70. The molecule has 0 atom stereocenters. The van der Waals surface area contributed by atoms with E-state index in [1.807, 2.05) is 13.8 Å². The largest absolute Gasteiger partial charge is 0.352 e. The van der Waals surface area contributed by atoms with E-state index in [2.05, 4.69) is 5.32 Å². The van der Waals surface area contributed by atoms with Crippen LogP contribution in [0.4, 0.5) is 4.39 Å². The maximum Gasteiger partial charge on any atom is 0.257 e. The van der Waals surface area contributed by atoms with Crippen molar-refractivity contribution in [1.82, 2.24) is 10.2 Å². The molecule has 1 rings (SSSR count). The van der Waals surface area contributed by atoms with Gasteiger partial charge in [-0.3, -0.25) is 9.59 Å². The number of aryl methyl sites for hydroxylation is 1. The molecule has 20 heavy (non-hydrogen) atoms. The van der Waals surface area contributed by atoms with Gasteiger partial charge in [0, 0.05) is 12.6 Å². The van der Waals surface area contributed by atoms with Gasteiger partial charge in [0.25, 0.3) is 5.91 Å². The second kappa shape index (κ2) is 7.03. The maximum absolute atomic E-state index is 13.8. The van der Waals surface area contributed by atoms with Crippen LogP contribution in [-0.4, -0.2) is 35.8 Å². The first kappa shape index (κ1) is 16.1. The second-order valence-electron chi connectivity index (χ2n) is 5.02. The first-order valence-corrected chi connectivity index (χ1v) is 6.70. The molecule has 4 nitrogen and oxygen atoms in total. The van der Waals surface area contributed by atoms with Crippen molar-refractivity contribution in [1.29, 1.82) is 0 Å². The SMILES string of the molecule is CCN(CC(=O)NC(C)C)C(=O)c1ccc(C)cc1F. The highest BCUT2D eigenvalue weighted by atomic mass is 19.1. The van der Waals surface area contributed by atoms with Gasteiger partial charge in [-0.15, -0.1) is 0 Å². The lowest BCUT2D eigenvalue weighted by molar-refractivity contribution is -0.122. The molecule has 0 aliphatic heterocycles. The lowest BCUT2D eigenvalue weighted by Gasteiger charge is -2.21. The van der Waals surface area contributed by atoms with Gasteiger partial charge in [0.15, 0.2) is 0 Å². The van der Waals surface area contributed by atoms with E-state index >= 15 is 0 Å². The van der Waals surface area contributed by atoms with Gasteiger partial charge in [-0.25, -0.2) is 4.39 Å². The Labute approximate surface area is 119 Å². The maximum atomic E-state index is 13.8. The number of carbonyl (C=O) groups is 2. The molecule has 0 unspecified atom stereocenters. The predicted octanol–water partition coefficient (Wildman–Crippen LogP) is 2.12. The van der Waals surface area contributed by atoms with Crippen molar-refractivity contribution < 1.29 is 14.0 Å². The van der Waals surface area contributed by atoms with Gasteiger partial charge in [0.2, 0.25) is 5.91 Å². The van der Waals surface area contributed by atoms with Crippen LogP contribution in [0.1, 0.15) is 36.7 Å². The number of likely N-dealkylation sites (N-methyl/N-ethyl adjacent to an activating group) is 1. The third-order valence-electron chi connectivity index (χ3n) is 2.81. The van der Waals surface area contributed by atoms with Crippen molar-refractivity contribution in [3.8, 4) is 0 Å². The topological polar surface area (TPSA) is 49.4 Å². The van der Waals surface area contributed by atoms with Crippen molar-refractivity contribution in [3.05, 3.63) is 35.1 Å². The molecule has 1 aromatic rings. The molecular formula is C15H21FN2O2. The third kappa shape index (κ3) is 4.33. The van der Waals surface area contributed by atoms with Gasteiger partial charge in [-0.05, 0) is 45.4 Å². The van der Waals surface area contributed by atoms with Crippen LogP contribution >= 0.6 is 0 Å². The molecule has 110 valence electrons. The summed E-state index contributed by atoms with van der Waals surface area (Å²) in [6.07, 6.45) is 0. The summed E-state index contributed by atoms with van der Waals surface area (Å²) in [5.41, 5.74) is 0.745. The molecule has 0 heterocycles. The summed E-state index contributed by atoms with van der Waals surface area (Å²) in [5.74, 6) is -1.27. The van der Waals surface area contributed by atoms with Crippen LogP contribution in [-0.2, 0) is 4.79 Å². The zero-order chi connectivity index (χ0) is 15.3. The average Bonchev–Trinajstić information content (AvgIpc) is 2.34. The summed E-state index contributed by atoms with van der Waals surface area (Å²) < 4.78 is 13.8. The van der Waals surface area contributed by atoms with E-state index in [1.54, 1.807) is 19.9 Å². The summed E-state index contributed by atoms with van der Waals surface area (Å²) in [5, 5.41) is 2.71. The number of halogens is 1. The minimum Gasteiger partial charge on any atom is -0.352 e. The molecule has 0 saturated heterocycles. The van der Waals surface area contributed by atoms with E-state index in [1.165, 1.54) is 17.0 Å². The van der Waals surface area contributed by atoms with Crippen LogP contribution in [0.2, 0.25) is 0 Å². The normalized spacial score (nSPS) is 10.5. The van der Waals surface area contributed by atoms with Crippen LogP contribution in [0.15, 0.2) is 18.2 Å². The Kier molecular flexibility index (Phi) is 5.67.